The van der Waals surface area contributed by atoms with Crippen LogP contribution in [-0.4, -0.2) is 41.3 Å². The molecule has 0 saturated carbocycles. The molecule has 4 rings (SSSR count). The minimum Gasteiger partial charge on any atom is -0.490 e. The van der Waals surface area contributed by atoms with E-state index in [0.29, 0.717) is 52.2 Å². The molecule has 0 atom stereocenters. The van der Waals surface area contributed by atoms with Gasteiger partial charge in [0.2, 0.25) is 0 Å². The average molecular weight is 701 g/mol. The zero-order chi connectivity index (χ0) is 35.6. The van der Waals surface area contributed by atoms with Gasteiger partial charge in [0.1, 0.15) is 18.4 Å². The van der Waals surface area contributed by atoms with E-state index < -0.39 is 11.5 Å². The number of Topliss-reactive ketones (excluding diaryl/α,β-unsaturated/α-hetero) is 1. The van der Waals surface area contributed by atoms with Crippen LogP contribution in [0.25, 0.3) is 0 Å². The van der Waals surface area contributed by atoms with Crippen molar-refractivity contribution in [3.8, 4) is 17.6 Å². The highest BCUT2D eigenvalue weighted by Crippen LogP contribution is 2.38. The number of hydrogen-bond acceptors (Lipinski definition) is 9. The van der Waals surface area contributed by atoms with Gasteiger partial charge < -0.3 is 14.2 Å². The molecule has 1 amide bonds. The van der Waals surface area contributed by atoms with Crippen LogP contribution >= 0.6 is 23.4 Å². The number of nitrogens with one attached hydrogen (secondary N) is 1. The highest BCUT2D eigenvalue weighted by Gasteiger charge is 2.26. The van der Waals surface area contributed by atoms with Gasteiger partial charge in [0.15, 0.2) is 16.7 Å². The molecule has 9 nitrogen and oxygen atoms in total. The van der Waals surface area contributed by atoms with Crippen LogP contribution in [0.5, 0.6) is 11.5 Å². The van der Waals surface area contributed by atoms with Crippen molar-refractivity contribution in [3.63, 3.8) is 0 Å². The molecule has 1 N–H and O–H groups in total. The molecule has 4 aromatic rings. The molecule has 3 aromatic carbocycles. The highest BCUT2D eigenvalue weighted by molar-refractivity contribution is 7.98. The van der Waals surface area contributed by atoms with Gasteiger partial charge in [-0.3, -0.25) is 10.1 Å². The van der Waals surface area contributed by atoms with E-state index in [1.807, 2.05) is 63.4 Å². The summed E-state index contributed by atoms with van der Waals surface area (Å²) in [6, 6.07) is 20.7. The van der Waals surface area contributed by atoms with Crippen molar-refractivity contribution in [2.75, 3.05) is 24.8 Å². The second-order valence-corrected chi connectivity index (χ2v) is 13.3. The summed E-state index contributed by atoms with van der Waals surface area (Å²) >= 11 is 8.13. The van der Waals surface area contributed by atoms with Gasteiger partial charge in [-0.05, 0) is 77.9 Å². The average Bonchev–Trinajstić information content (AvgIpc) is 3.10. The van der Waals surface area contributed by atoms with Crippen LogP contribution in [0.15, 0.2) is 72.0 Å². The van der Waals surface area contributed by atoms with Crippen LogP contribution < -0.4 is 14.8 Å². The van der Waals surface area contributed by atoms with Gasteiger partial charge in [0.05, 0.1) is 29.5 Å². The monoisotopic (exact) mass is 700 g/mol. The lowest BCUT2D eigenvalue weighted by molar-refractivity contribution is 0.0938. The van der Waals surface area contributed by atoms with Gasteiger partial charge in [-0.25, -0.2) is 14.8 Å². The summed E-state index contributed by atoms with van der Waals surface area (Å²) in [7, 11) is 0. The van der Waals surface area contributed by atoms with E-state index in [-0.39, 0.29) is 30.7 Å². The van der Waals surface area contributed by atoms with E-state index in [9.17, 15) is 14.9 Å². The predicted molar refractivity (Wildman–Crippen MR) is 193 cm³/mol. The fourth-order valence-corrected chi connectivity index (χ4v) is 5.75. The molecule has 0 aliphatic heterocycles. The molecule has 0 aliphatic carbocycles. The fourth-order valence-electron chi connectivity index (χ4n) is 5.10. The maximum atomic E-state index is 12.5. The lowest BCUT2D eigenvalue weighted by atomic mass is 9.77. The topological polar surface area (TPSA) is 123 Å². The predicted octanol–water partition coefficient (Wildman–Crippen LogP) is 9.05. The third kappa shape index (κ3) is 9.74. The number of aromatic nitrogens is 2. The van der Waals surface area contributed by atoms with E-state index in [1.54, 1.807) is 30.5 Å². The van der Waals surface area contributed by atoms with Crippen LogP contribution in [0.4, 0.5) is 10.5 Å². The number of hydrogen-bond donors (Lipinski definition) is 1. The third-order valence-corrected chi connectivity index (χ3v) is 8.86. The molecular weight excluding hydrogens is 660 g/mol. The number of amides is 1. The Hall–Kier alpha value is -4.59. The van der Waals surface area contributed by atoms with Crippen molar-refractivity contribution in [2.45, 2.75) is 64.6 Å². The molecule has 0 radical (unpaired) electrons. The standard InChI is InChI=1S/C38H41ClN4O5S/c1-7-25-20-29(11-14-32(25)34(44)24(2)3)43-37(45)47-18-8-17-46-35-26(22-40)19-28(21-33(35)39)38(4,5)27-9-12-31(13-10-27)48-23-30-15-16-41-36(42-30)49-6/h9-16,19-21,24H,7-8,17-18,23H2,1-6H3,(H,43,45). The van der Waals surface area contributed by atoms with Crippen LogP contribution in [-0.2, 0) is 23.2 Å². The number of carbonyl (C=O) groups is 2. The second-order valence-electron chi connectivity index (χ2n) is 12.1. The molecule has 1 heterocycles. The summed E-state index contributed by atoms with van der Waals surface area (Å²) in [4.78, 5) is 33.5. The van der Waals surface area contributed by atoms with Crippen LogP contribution in [0.2, 0.25) is 5.02 Å². The zero-order valence-corrected chi connectivity index (χ0v) is 30.2. The summed E-state index contributed by atoms with van der Waals surface area (Å²) in [5.41, 5.74) is 4.60. The molecule has 256 valence electrons. The number of ketones is 1. The number of aryl methyl sites for hydroxylation is 1. The summed E-state index contributed by atoms with van der Waals surface area (Å²) in [5, 5.41) is 13.7. The van der Waals surface area contributed by atoms with Crippen molar-refractivity contribution in [2.24, 2.45) is 5.92 Å². The number of rotatable bonds is 15. The number of ether oxygens (including phenoxy) is 3. The summed E-state index contributed by atoms with van der Waals surface area (Å²) in [6.45, 7) is 10.4. The Morgan fingerprint density at radius 3 is 2.45 bits per heavy atom. The Morgan fingerprint density at radius 1 is 1.02 bits per heavy atom. The Labute approximate surface area is 297 Å². The molecule has 49 heavy (non-hydrogen) atoms. The highest BCUT2D eigenvalue weighted by atomic mass is 35.5. The van der Waals surface area contributed by atoms with Gasteiger partial charge in [-0.1, -0.05) is 70.1 Å². The Kier molecular flexibility index (Phi) is 13.1. The van der Waals surface area contributed by atoms with Gasteiger partial charge in [0.25, 0.3) is 0 Å². The molecule has 0 unspecified atom stereocenters. The first-order valence-corrected chi connectivity index (χ1v) is 17.6. The Morgan fingerprint density at radius 2 is 1.78 bits per heavy atom. The molecule has 0 aliphatic rings. The van der Waals surface area contributed by atoms with Gasteiger partial charge in [-0.2, -0.15) is 5.26 Å². The number of anilines is 1. The number of thioether (sulfide) groups is 1. The molecule has 0 saturated heterocycles. The van der Waals surface area contributed by atoms with Crippen molar-refractivity contribution in [1.29, 1.82) is 5.26 Å². The smallest absolute Gasteiger partial charge is 0.411 e. The lowest BCUT2D eigenvalue weighted by Crippen LogP contribution is -2.19. The normalized spacial score (nSPS) is 11.2. The molecule has 0 bridgehead atoms. The van der Waals surface area contributed by atoms with E-state index in [1.165, 1.54) is 11.8 Å². The summed E-state index contributed by atoms with van der Waals surface area (Å²) in [5.74, 6) is 0.959. The van der Waals surface area contributed by atoms with Gasteiger partial charge in [-0.15, -0.1) is 0 Å². The SMILES string of the molecule is CCc1cc(NC(=O)OCCCOc2c(Cl)cc(C(C)(C)c3ccc(OCc4ccnc(SC)n4)cc3)cc2C#N)ccc1C(=O)C(C)C. The van der Waals surface area contributed by atoms with Crippen LogP contribution in [0, 0.1) is 17.2 Å². The van der Waals surface area contributed by atoms with Crippen LogP contribution in [0.3, 0.4) is 0 Å². The first-order valence-electron chi connectivity index (χ1n) is 16.0. The lowest BCUT2D eigenvalue weighted by Gasteiger charge is -2.27. The van der Waals surface area contributed by atoms with Gasteiger partial charge in [0, 0.05) is 35.2 Å². The quantitative estimate of drug-likeness (QED) is 0.0560. The van der Waals surface area contributed by atoms with Crippen LogP contribution in [0.1, 0.15) is 79.3 Å². The van der Waals surface area contributed by atoms with Crippen molar-refractivity contribution < 1.29 is 23.8 Å². The zero-order valence-electron chi connectivity index (χ0n) is 28.6. The number of halogens is 1. The number of carbonyl (C=O) groups excluding carboxylic acids is 2. The maximum absolute atomic E-state index is 12.5. The Balaban J connectivity index is 1.31. The minimum atomic E-state index is -0.609. The third-order valence-electron chi connectivity index (χ3n) is 8.01. The molecule has 0 fully saturated rings. The van der Waals surface area contributed by atoms with E-state index >= 15 is 0 Å². The maximum Gasteiger partial charge on any atom is 0.411 e. The number of nitriles is 1. The number of nitrogens with zero attached hydrogens (tertiary/aromatic N) is 3. The van der Waals surface area contributed by atoms with E-state index in [2.05, 4.69) is 35.2 Å². The Bertz CT molecular complexity index is 1820. The molecule has 1 aromatic heterocycles. The molecular formula is C38H41ClN4O5S. The van der Waals surface area contributed by atoms with Crippen molar-refractivity contribution in [1.82, 2.24) is 9.97 Å². The van der Waals surface area contributed by atoms with Crippen molar-refractivity contribution in [3.05, 3.63) is 105 Å². The number of benzene rings is 3. The minimum absolute atomic E-state index is 0.0705. The van der Waals surface area contributed by atoms with E-state index in [0.717, 1.165) is 22.4 Å². The second kappa shape index (κ2) is 17.2. The van der Waals surface area contributed by atoms with Crippen molar-refractivity contribution >= 4 is 40.9 Å². The summed E-state index contributed by atoms with van der Waals surface area (Å²) in [6.07, 6.45) is 4.09. The van der Waals surface area contributed by atoms with E-state index in [4.69, 9.17) is 25.8 Å². The largest absolute Gasteiger partial charge is 0.490 e. The van der Waals surface area contributed by atoms with Gasteiger partial charge >= 0.3 is 6.09 Å². The first-order chi connectivity index (χ1) is 23.5. The molecule has 0 spiro atoms. The summed E-state index contributed by atoms with van der Waals surface area (Å²) < 4.78 is 17.1. The molecule has 11 heteroatoms. The first kappa shape index (κ1) is 37.2. The fraction of sp³-hybridized carbons (Fsp3) is 0.342.